The Morgan fingerprint density at radius 1 is 0.489 bits per heavy atom. The average molecular weight is 576 g/mol. The van der Waals surface area contributed by atoms with E-state index in [-0.39, 0.29) is 6.04 Å². The third-order valence-electron chi connectivity index (χ3n) is 9.19. The molecule has 45 heavy (non-hydrogen) atoms. The molecule has 0 aliphatic heterocycles. The molecule has 0 fully saturated rings. The van der Waals surface area contributed by atoms with Crippen molar-refractivity contribution in [1.82, 2.24) is 24.1 Å². The molecule has 4 aromatic heterocycles. The highest BCUT2D eigenvalue weighted by Gasteiger charge is 2.43. The Hall–Kier alpha value is -6.07. The largest absolute Gasteiger partial charge is 0.325 e. The Morgan fingerprint density at radius 3 is 1.82 bits per heavy atom. The van der Waals surface area contributed by atoms with E-state index >= 15 is 0 Å². The summed E-state index contributed by atoms with van der Waals surface area (Å²) >= 11 is 0. The van der Waals surface area contributed by atoms with Crippen molar-refractivity contribution in [3.63, 3.8) is 0 Å². The first-order valence-corrected chi connectivity index (χ1v) is 15.2. The second-order valence-corrected chi connectivity index (χ2v) is 11.6. The van der Waals surface area contributed by atoms with Crippen LogP contribution >= 0.6 is 0 Å². The number of benzene rings is 5. The molecule has 1 unspecified atom stereocenters. The maximum Gasteiger partial charge on any atom is 0.160 e. The number of pyridine rings is 1. The minimum atomic E-state index is -0.0397. The van der Waals surface area contributed by atoms with E-state index in [1.54, 1.807) is 0 Å². The van der Waals surface area contributed by atoms with Gasteiger partial charge < -0.3 is 9.13 Å². The van der Waals surface area contributed by atoms with E-state index < -0.39 is 0 Å². The topological polar surface area (TPSA) is 48.5 Å². The van der Waals surface area contributed by atoms with Crippen molar-refractivity contribution in [2.75, 3.05) is 0 Å². The fourth-order valence-corrected chi connectivity index (χ4v) is 7.22. The summed E-state index contributed by atoms with van der Waals surface area (Å²) in [5.74, 6) is 0.757. The van der Waals surface area contributed by atoms with Gasteiger partial charge in [-0.3, -0.25) is 4.98 Å². The van der Waals surface area contributed by atoms with Gasteiger partial charge in [-0.1, -0.05) is 109 Å². The molecular weight excluding hydrogens is 550 g/mol. The van der Waals surface area contributed by atoms with Crippen LogP contribution in [0, 0.1) is 0 Å². The zero-order valence-electron chi connectivity index (χ0n) is 24.2. The van der Waals surface area contributed by atoms with Crippen LogP contribution in [0.25, 0.3) is 71.9 Å². The molecule has 1 aliphatic carbocycles. The lowest BCUT2D eigenvalue weighted by molar-refractivity contribution is 0.842. The molecule has 10 rings (SSSR count). The summed E-state index contributed by atoms with van der Waals surface area (Å²) < 4.78 is 4.92. The first kappa shape index (κ1) is 24.4. The molecular formula is C40H25N5. The van der Waals surface area contributed by atoms with E-state index in [9.17, 15) is 0 Å². The number of nitrogens with zero attached hydrogens (tertiary/aromatic N) is 5. The van der Waals surface area contributed by atoms with Gasteiger partial charge in [0.2, 0.25) is 0 Å². The summed E-state index contributed by atoms with van der Waals surface area (Å²) in [5.41, 5.74) is 11.2. The van der Waals surface area contributed by atoms with Crippen LogP contribution in [0.3, 0.4) is 0 Å². The predicted octanol–water partition coefficient (Wildman–Crippen LogP) is 9.36. The standard InChI is InChI=1S/C40H25N5/c1-3-11-25(12-4-1)35-34-36(43-40(42-35)26-13-5-2-6-14-26)39(34)45-33-18-10-8-16-29(33)31-20-19-30-28-15-7-9-17-32(28)44(37(30)38(31)45)27-21-23-41-24-22-27/h1-24,39H. The van der Waals surface area contributed by atoms with Gasteiger partial charge in [-0.15, -0.1) is 0 Å². The molecule has 9 aromatic rings. The molecule has 4 heterocycles. The number of aromatic nitrogens is 5. The van der Waals surface area contributed by atoms with Gasteiger partial charge in [0.15, 0.2) is 5.82 Å². The molecule has 1 aliphatic rings. The van der Waals surface area contributed by atoms with Crippen molar-refractivity contribution < 1.29 is 0 Å². The number of hydrogen-bond acceptors (Lipinski definition) is 3. The van der Waals surface area contributed by atoms with E-state index in [1.807, 2.05) is 30.6 Å². The van der Waals surface area contributed by atoms with Crippen molar-refractivity contribution in [2.24, 2.45) is 0 Å². The first-order valence-electron chi connectivity index (χ1n) is 15.2. The zero-order valence-corrected chi connectivity index (χ0v) is 24.2. The minimum Gasteiger partial charge on any atom is -0.325 e. The van der Waals surface area contributed by atoms with Gasteiger partial charge in [-0.25, -0.2) is 9.97 Å². The second kappa shape index (κ2) is 9.21. The van der Waals surface area contributed by atoms with Crippen molar-refractivity contribution in [2.45, 2.75) is 6.04 Å². The van der Waals surface area contributed by atoms with Crippen LogP contribution in [0.1, 0.15) is 17.3 Å². The number of hydrogen-bond donors (Lipinski definition) is 0. The van der Waals surface area contributed by atoms with Crippen molar-refractivity contribution in [1.29, 1.82) is 0 Å². The zero-order chi connectivity index (χ0) is 29.5. The summed E-state index contributed by atoms with van der Waals surface area (Å²) in [7, 11) is 0. The summed E-state index contributed by atoms with van der Waals surface area (Å²) in [5, 5.41) is 4.92. The molecule has 0 saturated heterocycles. The Kier molecular flexibility index (Phi) is 4.99. The number of rotatable bonds is 4. The summed E-state index contributed by atoms with van der Waals surface area (Å²) in [6, 6.07) is 47.0. The van der Waals surface area contributed by atoms with Gasteiger partial charge in [-0.2, -0.15) is 0 Å². The maximum absolute atomic E-state index is 5.23. The molecule has 1 atom stereocenters. The molecule has 0 N–H and O–H groups in total. The lowest BCUT2D eigenvalue weighted by atomic mass is 10.1. The molecule has 210 valence electrons. The number of fused-ring (bicyclic) bond motifs is 8. The van der Waals surface area contributed by atoms with Crippen molar-refractivity contribution in [3.8, 4) is 28.3 Å². The highest BCUT2D eigenvalue weighted by Crippen LogP contribution is 2.53. The van der Waals surface area contributed by atoms with Crippen molar-refractivity contribution in [3.05, 3.63) is 157 Å². The average Bonchev–Trinajstić information content (AvgIpc) is 3.59. The predicted molar refractivity (Wildman–Crippen MR) is 182 cm³/mol. The van der Waals surface area contributed by atoms with Gasteiger partial charge in [0.1, 0.15) is 6.04 Å². The summed E-state index contributed by atoms with van der Waals surface area (Å²) in [6.07, 6.45) is 3.74. The Morgan fingerprint density at radius 2 is 1.09 bits per heavy atom. The summed E-state index contributed by atoms with van der Waals surface area (Å²) in [6.45, 7) is 0. The van der Waals surface area contributed by atoms with Gasteiger partial charge in [0.05, 0.1) is 33.5 Å². The SMILES string of the molecule is c1ccc(-c2nc(-c3ccccc3)c3c(n2)C3n2c3ccccc3c3ccc4c5ccccc5n(-c5ccncc5)c4c32)cc1. The molecule has 0 radical (unpaired) electrons. The van der Waals surface area contributed by atoms with Crippen LogP contribution in [0.5, 0.6) is 0 Å². The third-order valence-corrected chi connectivity index (χ3v) is 9.19. The second-order valence-electron chi connectivity index (χ2n) is 11.6. The first-order chi connectivity index (χ1) is 22.4. The lowest BCUT2D eigenvalue weighted by Gasteiger charge is -2.11. The van der Waals surface area contributed by atoms with Crippen molar-refractivity contribution >= 4 is 43.6 Å². The van der Waals surface area contributed by atoms with Crippen LogP contribution in [0.15, 0.2) is 146 Å². The van der Waals surface area contributed by atoms with Gasteiger partial charge in [0.25, 0.3) is 0 Å². The molecule has 5 aromatic carbocycles. The summed E-state index contributed by atoms with van der Waals surface area (Å²) in [4.78, 5) is 14.8. The molecule has 0 amide bonds. The molecule has 5 nitrogen and oxygen atoms in total. The van der Waals surface area contributed by atoms with Gasteiger partial charge in [-0.05, 0) is 24.3 Å². The van der Waals surface area contributed by atoms with E-state index in [2.05, 4.69) is 129 Å². The quantitative estimate of drug-likeness (QED) is 0.210. The van der Waals surface area contributed by atoms with Crippen LogP contribution in [-0.2, 0) is 0 Å². The normalized spacial score (nSPS) is 14.0. The Labute approximate surface area is 258 Å². The Balaban J connectivity index is 1.34. The lowest BCUT2D eigenvalue weighted by Crippen LogP contribution is -2.00. The number of para-hydroxylation sites is 2. The van der Waals surface area contributed by atoms with E-state index in [0.717, 1.165) is 34.0 Å². The molecule has 5 heteroatoms. The minimum absolute atomic E-state index is 0.0397. The fraction of sp³-hybridized carbons (Fsp3) is 0.0250. The molecule has 0 saturated carbocycles. The Bertz CT molecular complexity index is 2580. The van der Waals surface area contributed by atoms with Gasteiger partial charge in [0, 0.05) is 56.3 Å². The molecule has 0 spiro atoms. The van der Waals surface area contributed by atoms with E-state index in [4.69, 9.17) is 9.97 Å². The van der Waals surface area contributed by atoms with E-state index in [0.29, 0.717) is 0 Å². The van der Waals surface area contributed by atoms with Crippen LogP contribution in [0.4, 0.5) is 0 Å². The van der Waals surface area contributed by atoms with E-state index in [1.165, 1.54) is 49.2 Å². The van der Waals surface area contributed by atoms with Crippen LogP contribution in [0.2, 0.25) is 0 Å². The van der Waals surface area contributed by atoms with Gasteiger partial charge >= 0.3 is 0 Å². The van der Waals surface area contributed by atoms with Crippen LogP contribution in [-0.4, -0.2) is 24.1 Å². The maximum atomic E-state index is 5.23. The highest BCUT2D eigenvalue weighted by molar-refractivity contribution is 6.23. The van der Waals surface area contributed by atoms with Crippen LogP contribution < -0.4 is 0 Å². The molecule has 0 bridgehead atoms. The highest BCUT2D eigenvalue weighted by atomic mass is 15.1. The monoisotopic (exact) mass is 575 g/mol. The fourth-order valence-electron chi connectivity index (χ4n) is 7.22. The smallest absolute Gasteiger partial charge is 0.160 e. The third kappa shape index (κ3) is 3.46.